The molecule has 3 rings (SSSR count). The van der Waals surface area contributed by atoms with Crippen molar-refractivity contribution in [3.63, 3.8) is 0 Å². The van der Waals surface area contributed by atoms with Gasteiger partial charge in [-0.05, 0) is 43.2 Å². The quantitative estimate of drug-likeness (QED) is 0.0624. The smallest absolute Gasteiger partial charge is 0.232 e. The second-order valence-electron chi connectivity index (χ2n) is 13.5. The van der Waals surface area contributed by atoms with Crippen LogP contribution in [0.3, 0.4) is 0 Å². The molecule has 0 spiro atoms. The number of aromatic amines is 1. The zero-order chi connectivity index (χ0) is 37.5. The summed E-state index contributed by atoms with van der Waals surface area (Å²) < 4.78 is 81.8. The molecule has 0 aliphatic rings. The SMILES string of the molecule is CCCCCCCCCCCCS(=O)(=O)Cl.CCCCCCCCCCCCS(=O)(=O)Nc1cc(-c2cc3cc(F)c(F)cc3[nH]2)ccc1OC. The first-order valence-corrected chi connectivity index (χ1v) is 23.1. The molecule has 2 aromatic carbocycles. The van der Waals surface area contributed by atoms with Gasteiger partial charge < -0.3 is 9.72 Å². The summed E-state index contributed by atoms with van der Waals surface area (Å²) in [4.78, 5) is 3.06. The highest BCUT2D eigenvalue weighted by Crippen LogP contribution is 2.33. The van der Waals surface area contributed by atoms with Gasteiger partial charge >= 0.3 is 0 Å². The first-order chi connectivity index (χ1) is 24.4. The van der Waals surface area contributed by atoms with E-state index in [0.29, 0.717) is 46.4 Å². The minimum Gasteiger partial charge on any atom is -0.495 e. The van der Waals surface area contributed by atoms with Crippen LogP contribution in [0.5, 0.6) is 5.75 Å². The summed E-state index contributed by atoms with van der Waals surface area (Å²) in [5.74, 6) is -1.28. The lowest BCUT2D eigenvalue weighted by Crippen LogP contribution is -2.17. The van der Waals surface area contributed by atoms with Crippen LogP contribution in [0.2, 0.25) is 0 Å². The number of rotatable bonds is 26. The molecule has 0 bridgehead atoms. The van der Waals surface area contributed by atoms with Crippen LogP contribution >= 0.6 is 10.7 Å². The van der Waals surface area contributed by atoms with E-state index in [-0.39, 0.29) is 11.5 Å². The molecule has 0 unspecified atom stereocenters. The maximum atomic E-state index is 13.6. The van der Waals surface area contributed by atoms with Gasteiger partial charge in [-0.15, -0.1) is 0 Å². The van der Waals surface area contributed by atoms with Gasteiger partial charge in [0.1, 0.15) is 5.75 Å². The lowest BCUT2D eigenvalue weighted by atomic mass is 10.1. The van der Waals surface area contributed by atoms with Gasteiger partial charge in [0.2, 0.25) is 19.1 Å². The van der Waals surface area contributed by atoms with E-state index in [1.54, 1.807) is 24.3 Å². The maximum Gasteiger partial charge on any atom is 0.232 e. The molecule has 0 aliphatic heterocycles. The molecule has 7 nitrogen and oxygen atoms in total. The number of H-pyrrole nitrogens is 1. The van der Waals surface area contributed by atoms with Crippen LogP contribution in [0.4, 0.5) is 14.5 Å². The number of hydrogen-bond acceptors (Lipinski definition) is 5. The summed E-state index contributed by atoms with van der Waals surface area (Å²) in [6.45, 7) is 4.44. The molecule has 0 aliphatic carbocycles. The van der Waals surface area contributed by atoms with Crippen molar-refractivity contribution >= 4 is 46.3 Å². The number of sulfonamides is 1. The summed E-state index contributed by atoms with van der Waals surface area (Å²) in [6, 6.07) is 9.02. The number of halogens is 3. The van der Waals surface area contributed by atoms with Crippen LogP contribution in [0.15, 0.2) is 36.4 Å². The second kappa shape index (κ2) is 24.8. The summed E-state index contributed by atoms with van der Waals surface area (Å²) in [5, 5.41) is 0.526. The van der Waals surface area contributed by atoms with Crippen molar-refractivity contribution in [2.45, 2.75) is 142 Å². The van der Waals surface area contributed by atoms with E-state index < -0.39 is 30.7 Å². The number of unbranched alkanes of at least 4 members (excludes halogenated alkanes) is 18. The minimum atomic E-state index is -3.55. The van der Waals surface area contributed by atoms with Gasteiger partial charge in [-0.3, -0.25) is 4.72 Å². The predicted molar refractivity (Wildman–Crippen MR) is 211 cm³/mol. The molecule has 1 aromatic heterocycles. The number of nitrogens with one attached hydrogen (secondary N) is 2. The minimum absolute atomic E-state index is 0.0435. The highest BCUT2D eigenvalue weighted by atomic mass is 35.7. The normalized spacial score (nSPS) is 11.8. The van der Waals surface area contributed by atoms with Crippen LogP contribution in [0, 0.1) is 11.6 Å². The molecule has 290 valence electrons. The number of ether oxygens (including phenoxy) is 1. The van der Waals surface area contributed by atoms with Gasteiger partial charge in [-0.1, -0.05) is 129 Å². The van der Waals surface area contributed by atoms with Crippen molar-refractivity contribution < 1.29 is 30.4 Å². The van der Waals surface area contributed by atoms with Crippen molar-refractivity contribution in [2.24, 2.45) is 0 Å². The molecule has 0 atom stereocenters. The van der Waals surface area contributed by atoms with Crippen molar-refractivity contribution in [1.82, 2.24) is 4.98 Å². The fraction of sp³-hybridized carbons (Fsp3) is 0.641. The van der Waals surface area contributed by atoms with Gasteiger partial charge in [-0.2, -0.15) is 0 Å². The zero-order valence-corrected chi connectivity index (χ0v) is 33.4. The van der Waals surface area contributed by atoms with Crippen LogP contribution in [0.25, 0.3) is 22.2 Å². The number of anilines is 1. The van der Waals surface area contributed by atoms with Gasteiger partial charge in [0.15, 0.2) is 11.6 Å². The van der Waals surface area contributed by atoms with E-state index in [9.17, 15) is 25.6 Å². The molecule has 0 saturated carbocycles. The van der Waals surface area contributed by atoms with Crippen molar-refractivity contribution in [1.29, 1.82) is 0 Å². The maximum absolute atomic E-state index is 13.6. The first-order valence-electron chi connectivity index (χ1n) is 19.0. The van der Waals surface area contributed by atoms with E-state index in [1.807, 2.05) is 0 Å². The Hall–Kier alpha value is -2.37. The third-order valence-electron chi connectivity index (χ3n) is 8.95. The Labute approximate surface area is 311 Å². The van der Waals surface area contributed by atoms with Gasteiger partial charge in [0, 0.05) is 38.9 Å². The van der Waals surface area contributed by atoms with E-state index in [1.165, 1.54) is 90.6 Å². The van der Waals surface area contributed by atoms with E-state index >= 15 is 0 Å². The fourth-order valence-electron chi connectivity index (χ4n) is 6.00. The summed E-state index contributed by atoms with van der Waals surface area (Å²) in [6.07, 6.45) is 23.4. The van der Waals surface area contributed by atoms with Crippen LogP contribution < -0.4 is 9.46 Å². The standard InChI is InChI=1S/C27H36F2N2O3S.C12H25ClO2S/c1-3-4-5-6-7-8-9-10-11-12-15-35(32,33)31-26-17-20(13-14-27(26)34-2)24-18-21-16-22(28)23(29)19-25(21)30-24;1-2-3-4-5-6-7-8-9-10-11-12-16(13,14)15/h13-14,16-19,30-31H,3-12,15H2,1-2H3;2-12H2,1H3. The number of benzene rings is 2. The van der Waals surface area contributed by atoms with Gasteiger partial charge in [0.05, 0.1) is 24.3 Å². The molecule has 2 N–H and O–H groups in total. The Morgan fingerprint density at radius 2 is 1.12 bits per heavy atom. The molecular weight excluding hydrogens is 714 g/mol. The topological polar surface area (TPSA) is 105 Å². The third-order valence-corrected chi connectivity index (χ3v) is 11.5. The number of methoxy groups -OCH3 is 1. The van der Waals surface area contributed by atoms with Crippen LogP contribution in [-0.4, -0.2) is 40.4 Å². The van der Waals surface area contributed by atoms with Crippen molar-refractivity contribution in [2.75, 3.05) is 23.3 Å². The average molecular weight is 776 g/mol. The van der Waals surface area contributed by atoms with Crippen molar-refractivity contribution in [3.8, 4) is 17.0 Å². The van der Waals surface area contributed by atoms with Crippen LogP contribution in [0.1, 0.15) is 142 Å². The Balaban J connectivity index is 0.000000475. The Morgan fingerprint density at radius 1 is 0.647 bits per heavy atom. The molecule has 12 heteroatoms. The molecular formula is C39H61ClF2N2O5S2. The lowest BCUT2D eigenvalue weighted by molar-refractivity contribution is 0.417. The predicted octanol–water partition coefficient (Wildman–Crippen LogP) is 12.3. The number of aromatic nitrogens is 1. The van der Waals surface area contributed by atoms with Crippen LogP contribution in [-0.2, 0) is 19.1 Å². The molecule has 0 saturated heterocycles. The zero-order valence-electron chi connectivity index (χ0n) is 31.0. The summed E-state index contributed by atoms with van der Waals surface area (Å²) in [5.41, 5.74) is 2.06. The number of fused-ring (bicyclic) bond motifs is 1. The molecule has 0 fully saturated rings. The molecule has 1 heterocycles. The monoisotopic (exact) mass is 774 g/mol. The molecule has 3 aromatic rings. The van der Waals surface area contributed by atoms with Gasteiger partial charge in [0.25, 0.3) is 0 Å². The average Bonchev–Trinajstić information content (AvgIpc) is 3.48. The molecule has 0 radical (unpaired) electrons. The highest BCUT2D eigenvalue weighted by molar-refractivity contribution is 8.13. The fourth-order valence-corrected chi connectivity index (χ4v) is 8.05. The Bertz CT molecular complexity index is 1590. The Kier molecular flexibility index (Phi) is 21.8. The molecule has 51 heavy (non-hydrogen) atoms. The highest BCUT2D eigenvalue weighted by Gasteiger charge is 2.16. The lowest BCUT2D eigenvalue weighted by Gasteiger charge is -2.13. The summed E-state index contributed by atoms with van der Waals surface area (Å²) >= 11 is 0. The van der Waals surface area contributed by atoms with E-state index in [0.717, 1.165) is 44.2 Å². The largest absolute Gasteiger partial charge is 0.495 e. The van der Waals surface area contributed by atoms with Gasteiger partial charge in [-0.25, -0.2) is 25.6 Å². The van der Waals surface area contributed by atoms with E-state index in [4.69, 9.17) is 15.4 Å². The molecule has 0 amide bonds. The second-order valence-corrected chi connectivity index (χ2v) is 18.2. The van der Waals surface area contributed by atoms with E-state index in [2.05, 4.69) is 23.6 Å². The third kappa shape index (κ3) is 19.3. The first kappa shape index (κ1) is 44.8. The Morgan fingerprint density at radius 3 is 1.61 bits per heavy atom. The van der Waals surface area contributed by atoms with Crippen molar-refractivity contribution in [3.05, 3.63) is 48.0 Å². The summed E-state index contributed by atoms with van der Waals surface area (Å²) in [7, 11) is -0.217. The number of hydrogen-bond donors (Lipinski definition) is 2.